The molecule has 2 aromatic heterocycles. The molecule has 0 unspecified atom stereocenters. The number of aromatic nitrogens is 3. The Morgan fingerprint density at radius 3 is 2.57 bits per heavy atom. The number of aromatic amines is 1. The topological polar surface area (TPSA) is 50.8 Å². The zero-order valence-corrected chi connectivity index (χ0v) is 8.11. The highest BCUT2D eigenvalue weighted by Gasteiger charge is 2.07. The van der Waals surface area contributed by atoms with E-state index in [1.54, 1.807) is 19.5 Å². The fraction of sp³-hybridized carbons (Fsp3) is 0.200. The molecular formula is C10H11N3O. The third-order valence-electron chi connectivity index (χ3n) is 2.01. The summed E-state index contributed by atoms with van der Waals surface area (Å²) in [5.41, 5.74) is 2.94. The second-order valence-electron chi connectivity index (χ2n) is 2.96. The maximum atomic E-state index is 5.01. The lowest BCUT2D eigenvalue weighted by atomic mass is 10.2. The van der Waals surface area contributed by atoms with Gasteiger partial charge in [0.15, 0.2) is 0 Å². The van der Waals surface area contributed by atoms with Crippen LogP contribution in [0, 0.1) is 6.92 Å². The lowest BCUT2D eigenvalue weighted by Crippen LogP contribution is -1.83. The molecule has 0 fully saturated rings. The molecule has 0 amide bonds. The number of pyridine rings is 1. The molecule has 1 N–H and O–H groups in total. The summed E-state index contributed by atoms with van der Waals surface area (Å²) in [6.07, 6.45) is 3.49. The maximum Gasteiger partial charge on any atom is 0.294 e. The summed E-state index contributed by atoms with van der Waals surface area (Å²) in [5.74, 6) is 0. The Kier molecular flexibility index (Phi) is 2.18. The number of methoxy groups -OCH3 is 1. The first kappa shape index (κ1) is 8.74. The lowest BCUT2D eigenvalue weighted by molar-refractivity contribution is 0.384. The van der Waals surface area contributed by atoms with Crippen LogP contribution in [0.5, 0.6) is 6.01 Å². The van der Waals surface area contributed by atoms with Gasteiger partial charge in [-0.05, 0) is 19.1 Å². The third kappa shape index (κ3) is 1.46. The molecule has 0 aliphatic carbocycles. The number of hydrogen-bond acceptors (Lipinski definition) is 3. The Morgan fingerprint density at radius 2 is 2.00 bits per heavy atom. The molecule has 0 radical (unpaired) electrons. The van der Waals surface area contributed by atoms with Crippen molar-refractivity contribution in [1.29, 1.82) is 0 Å². The number of rotatable bonds is 2. The van der Waals surface area contributed by atoms with E-state index in [2.05, 4.69) is 15.0 Å². The quantitative estimate of drug-likeness (QED) is 0.783. The molecule has 0 spiro atoms. The minimum atomic E-state index is 0.536. The number of ether oxygens (including phenoxy) is 1. The normalized spacial score (nSPS) is 10.1. The highest BCUT2D eigenvalue weighted by atomic mass is 16.5. The molecule has 2 aromatic rings. The summed E-state index contributed by atoms with van der Waals surface area (Å²) in [7, 11) is 1.59. The van der Waals surface area contributed by atoms with E-state index in [4.69, 9.17) is 4.74 Å². The average Bonchev–Trinajstić information content (AvgIpc) is 2.61. The van der Waals surface area contributed by atoms with Crippen molar-refractivity contribution in [2.45, 2.75) is 6.92 Å². The number of imidazole rings is 1. The van der Waals surface area contributed by atoms with Crippen LogP contribution in [0.25, 0.3) is 11.3 Å². The summed E-state index contributed by atoms with van der Waals surface area (Å²) >= 11 is 0. The van der Waals surface area contributed by atoms with E-state index in [1.807, 2.05) is 19.1 Å². The fourth-order valence-electron chi connectivity index (χ4n) is 1.32. The van der Waals surface area contributed by atoms with E-state index in [0.717, 1.165) is 17.0 Å². The SMILES string of the molecule is COc1nc(-c2ccncc2)c(C)[nH]1. The van der Waals surface area contributed by atoms with E-state index in [1.165, 1.54) is 0 Å². The van der Waals surface area contributed by atoms with Crippen LogP contribution in [-0.2, 0) is 0 Å². The van der Waals surface area contributed by atoms with Crippen molar-refractivity contribution in [2.75, 3.05) is 7.11 Å². The van der Waals surface area contributed by atoms with E-state index < -0.39 is 0 Å². The number of nitrogens with zero attached hydrogens (tertiary/aromatic N) is 2. The van der Waals surface area contributed by atoms with Crippen LogP contribution in [0.3, 0.4) is 0 Å². The molecule has 2 rings (SSSR count). The molecule has 0 bridgehead atoms. The molecule has 0 aliphatic heterocycles. The largest absolute Gasteiger partial charge is 0.468 e. The van der Waals surface area contributed by atoms with Gasteiger partial charge in [0.2, 0.25) is 0 Å². The van der Waals surface area contributed by atoms with Gasteiger partial charge in [-0.15, -0.1) is 0 Å². The molecular weight excluding hydrogens is 178 g/mol. The van der Waals surface area contributed by atoms with Gasteiger partial charge in [-0.1, -0.05) is 0 Å². The van der Waals surface area contributed by atoms with E-state index in [-0.39, 0.29) is 0 Å². The molecule has 2 heterocycles. The van der Waals surface area contributed by atoms with Gasteiger partial charge in [-0.3, -0.25) is 4.98 Å². The molecule has 14 heavy (non-hydrogen) atoms. The summed E-state index contributed by atoms with van der Waals surface area (Å²) in [6.45, 7) is 1.96. The molecule has 0 saturated heterocycles. The zero-order valence-electron chi connectivity index (χ0n) is 8.11. The average molecular weight is 189 g/mol. The second kappa shape index (κ2) is 3.49. The summed E-state index contributed by atoms with van der Waals surface area (Å²) in [6, 6.07) is 4.37. The Hall–Kier alpha value is -1.84. The Labute approximate surface area is 82.0 Å². The van der Waals surface area contributed by atoms with Gasteiger partial charge in [0, 0.05) is 23.7 Å². The Morgan fingerprint density at radius 1 is 1.29 bits per heavy atom. The summed E-state index contributed by atoms with van der Waals surface area (Å²) in [5, 5.41) is 0. The molecule has 4 heteroatoms. The molecule has 0 saturated carbocycles. The predicted molar refractivity (Wildman–Crippen MR) is 53.1 cm³/mol. The molecule has 0 aliphatic rings. The Bertz CT molecular complexity index is 422. The highest BCUT2D eigenvalue weighted by molar-refractivity contribution is 5.61. The second-order valence-corrected chi connectivity index (χ2v) is 2.96. The monoisotopic (exact) mass is 189 g/mol. The van der Waals surface area contributed by atoms with Gasteiger partial charge in [0.25, 0.3) is 6.01 Å². The van der Waals surface area contributed by atoms with E-state index in [0.29, 0.717) is 6.01 Å². The highest BCUT2D eigenvalue weighted by Crippen LogP contribution is 2.22. The zero-order chi connectivity index (χ0) is 9.97. The minimum absolute atomic E-state index is 0.536. The molecule has 0 aromatic carbocycles. The standard InChI is InChI=1S/C10H11N3O/c1-7-9(13-10(12-7)14-2)8-3-5-11-6-4-8/h3-6H,1-2H3,(H,12,13). The smallest absolute Gasteiger partial charge is 0.294 e. The number of H-pyrrole nitrogens is 1. The van der Waals surface area contributed by atoms with Crippen molar-refractivity contribution in [3.05, 3.63) is 30.2 Å². The third-order valence-corrected chi connectivity index (χ3v) is 2.01. The first-order chi connectivity index (χ1) is 6.81. The van der Waals surface area contributed by atoms with E-state index >= 15 is 0 Å². The molecule has 0 atom stereocenters. The first-order valence-corrected chi connectivity index (χ1v) is 4.32. The maximum absolute atomic E-state index is 5.01. The van der Waals surface area contributed by atoms with Crippen LogP contribution in [-0.4, -0.2) is 22.1 Å². The van der Waals surface area contributed by atoms with Crippen LogP contribution >= 0.6 is 0 Å². The van der Waals surface area contributed by atoms with Gasteiger partial charge in [-0.25, -0.2) is 0 Å². The van der Waals surface area contributed by atoms with Crippen molar-refractivity contribution >= 4 is 0 Å². The van der Waals surface area contributed by atoms with Crippen LogP contribution in [0.2, 0.25) is 0 Å². The van der Waals surface area contributed by atoms with Gasteiger partial charge >= 0.3 is 0 Å². The summed E-state index contributed by atoms with van der Waals surface area (Å²) < 4.78 is 5.01. The molecule has 4 nitrogen and oxygen atoms in total. The van der Waals surface area contributed by atoms with Crippen LogP contribution in [0.15, 0.2) is 24.5 Å². The Balaban J connectivity index is 2.46. The van der Waals surface area contributed by atoms with Crippen LogP contribution < -0.4 is 4.74 Å². The van der Waals surface area contributed by atoms with Crippen molar-refractivity contribution in [1.82, 2.24) is 15.0 Å². The number of nitrogens with one attached hydrogen (secondary N) is 1. The fourth-order valence-corrected chi connectivity index (χ4v) is 1.32. The van der Waals surface area contributed by atoms with Crippen LogP contribution in [0.4, 0.5) is 0 Å². The minimum Gasteiger partial charge on any atom is -0.468 e. The first-order valence-electron chi connectivity index (χ1n) is 4.32. The van der Waals surface area contributed by atoms with Gasteiger partial charge in [0.05, 0.1) is 12.8 Å². The van der Waals surface area contributed by atoms with Gasteiger partial charge in [-0.2, -0.15) is 4.98 Å². The van der Waals surface area contributed by atoms with Crippen molar-refractivity contribution < 1.29 is 4.74 Å². The van der Waals surface area contributed by atoms with Crippen LogP contribution in [0.1, 0.15) is 5.69 Å². The summed E-state index contributed by atoms with van der Waals surface area (Å²) in [4.78, 5) is 11.3. The van der Waals surface area contributed by atoms with E-state index in [9.17, 15) is 0 Å². The lowest BCUT2D eigenvalue weighted by Gasteiger charge is -1.95. The number of hydrogen-bond donors (Lipinski definition) is 1. The molecule has 72 valence electrons. The van der Waals surface area contributed by atoms with Crippen molar-refractivity contribution in [2.24, 2.45) is 0 Å². The van der Waals surface area contributed by atoms with Crippen molar-refractivity contribution in [3.63, 3.8) is 0 Å². The predicted octanol–water partition coefficient (Wildman–Crippen LogP) is 1.79. The van der Waals surface area contributed by atoms with Gasteiger partial charge < -0.3 is 9.72 Å². The number of aryl methyl sites for hydroxylation is 1. The van der Waals surface area contributed by atoms with Crippen molar-refractivity contribution in [3.8, 4) is 17.3 Å². The van der Waals surface area contributed by atoms with Gasteiger partial charge in [0.1, 0.15) is 0 Å².